The zero-order chi connectivity index (χ0) is 16.9. The molecule has 0 bridgehead atoms. The molecule has 0 spiro atoms. The molecule has 5 nitrogen and oxygen atoms in total. The van der Waals surface area contributed by atoms with Crippen LogP contribution in [0.3, 0.4) is 0 Å². The van der Waals surface area contributed by atoms with Crippen LogP contribution in [0.5, 0.6) is 0 Å². The lowest BCUT2D eigenvalue weighted by molar-refractivity contribution is 0.0953. The fourth-order valence-electron chi connectivity index (χ4n) is 2.29. The molecule has 1 aromatic heterocycles. The summed E-state index contributed by atoms with van der Waals surface area (Å²) in [6.07, 6.45) is 0.463. The minimum absolute atomic E-state index is 0.184. The van der Waals surface area contributed by atoms with Crippen molar-refractivity contribution in [2.75, 3.05) is 6.54 Å². The molecule has 1 amide bonds. The number of hydrogen-bond donors (Lipinski definition) is 1. The van der Waals surface area contributed by atoms with Crippen LogP contribution in [0, 0.1) is 6.92 Å². The van der Waals surface area contributed by atoms with E-state index in [2.05, 4.69) is 15.5 Å². The summed E-state index contributed by atoms with van der Waals surface area (Å²) >= 11 is 5.88. The quantitative estimate of drug-likeness (QED) is 0.768. The van der Waals surface area contributed by atoms with Crippen LogP contribution in [-0.2, 0) is 6.42 Å². The van der Waals surface area contributed by atoms with Gasteiger partial charge in [-0.2, -0.15) is 0 Å². The lowest BCUT2D eigenvalue weighted by Gasteiger charge is -2.03. The minimum atomic E-state index is -0.184. The van der Waals surface area contributed by atoms with Gasteiger partial charge < -0.3 is 9.73 Å². The number of aryl methyl sites for hydroxylation is 1. The van der Waals surface area contributed by atoms with Gasteiger partial charge in [0, 0.05) is 29.1 Å². The minimum Gasteiger partial charge on any atom is -0.421 e. The van der Waals surface area contributed by atoms with Crippen LogP contribution in [0.2, 0.25) is 5.02 Å². The molecule has 0 aliphatic carbocycles. The van der Waals surface area contributed by atoms with Gasteiger partial charge in [-0.05, 0) is 36.8 Å². The Hall–Kier alpha value is -2.66. The zero-order valence-corrected chi connectivity index (χ0v) is 13.9. The number of carbonyl (C=O) groups excluding carboxylic acids is 1. The molecule has 3 aromatic rings. The van der Waals surface area contributed by atoms with E-state index < -0.39 is 0 Å². The van der Waals surface area contributed by atoms with E-state index in [1.165, 1.54) is 0 Å². The number of nitrogens with one attached hydrogen (secondary N) is 1. The first-order valence-electron chi connectivity index (χ1n) is 7.55. The highest BCUT2D eigenvalue weighted by Crippen LogP contribution is 2.21. The van der Waals surface area contributed by atoms with Crippen molar-refractivity contribution >= 4 is 17.5 Å². The summed E-state index contributed by atoms with van der Waals surface area (Å²) in [5.74, 6) is 0.792. The Labute approximate surface area is 144 Å². The molecule has 0 radical (unpaired) electrons. The molecule has 0 saturated heterocycles. The highest BCUT2D eigenvalue weighted by Gasteiger charge is 2.11. The maximum atomic E-state index is 12.0. The van der Waals surface area contributed by atoms with Crippen molar-refractivity contribution < 1.29 is 9.21 Å². The fraction of sp³-hybridized carbons (Fsp3) is 0.167. The van der Waals surface area contributed by atoms with Crippen LogP contribution in [0.25, 0.3) is 11.5 Å². The van der Waals surface area contributed by atoms with Gasteiger partial charge in [-0.15, -0.1) is 10.2 Å². The summed E-state index contributed by atoms with van der Waals surface area (Å²) in [7, 11) is 0. The predicted molar refractivity (Wildman–Crippen MR) is 92.0 cm³/mol. The van der Waals surface area contributed by atoms with Crippen molar-refractivity contribution in [1.29, 1.82) is 0 Å². The molecule has 2 aromatic carbocycles. The van der Waals surface area contributed by atoms with Crippen molar-refractivity contribution in [3.05, 3.63) is 70.6 Å². The van der Waals surface area contributed by atoms with E-state index in [1.54, 1.807) is 24.3 Å². The second-order valence-corrected chi connectivity index (χ2v) is 5.77. The summed E-state index contributed by atoms with van der Waals surface area (Å²) in [5.41, 5.74) is 2.51. The van der Waals surface area contributed by atoms with Gasteiger partial charge in [-0.3, -0.25) is 4.79 Å². The molecular formula is C18H16ClN3O2. The first kappa shape index (κ1) is 16.2. The molecule has 0 fully saturated rings. The number of rotatable bonds is 5. The third-order valence-corrected chi connectivity index (χ3v) is 3.79. The molecule has 1 heterocycles. The van der Waals surface area contributed by atoms with E-state index in [0.29, 0.717) is 35.3 Å². The van der Waals surface area contributed by atoms with E-state index in [-0.39, 0.29) is 5.91 Å². The Morgan fingerprint density at radius 2 is 2.00 bits per heavy atom. The number of aromatic nitrogens is 2. The standard InChI is InChI=1S/C18H16ClN3O2/c1-12-5-2-3-8-15(12)18-22-21-16(24-18)9-10-20-17(23)13-6-4-7-14(19)11-13/h2-8,11H,9-10H2,1H3,(H,20,23). The van der Waals surface area contributed by atoms with Crippen LogP contribution >= 0.6 is 11.6 Å². The van der Waals surface area contributed by atoms with Gasteiger partial charge in [0.25, 0.3) is 5.91 Å². The lowest BCUT2D eigenvalue weighted by Crippen LogP contribution is -2.25. The number of hydrogen-bond acceptors (Lipinski definition) is 4. The van der Waals surface area contributed by atoms with Gasteiger partial charge in [0.2, 0.25) is 11.8 Å². The second-order valence-electron chi connectivity index (χ2n) is 5.33. The van der Waals surface area contributed by atoms with E-state index in [4.69, 9.17) is 16.0 Å². The summed E-state index contributed by atoms with van der Waals surface area (Å²) in [6.45, 7) is 2.39. The number of carbonyl (C=O) groups is 1. The Balaban J connectivity index is 1.58. The monoisotopic (exact) mass is 341 g/mol. The van der Waals surface area contributed by atoms with Gasteiger partial charge in [-0.1, -0.05) is 35.9 Å². The van der Waals surface area contributed by atoms with E-state index in [1.807, 2.05) is 31.2 Å². The normalized spacial score (nSPS) is 10.6. The summed E-state index contributed by atoms with van der Waals surface area (Å²) in [6, 6.07) is 14.6. The zero-order valence-electron chi connectivity index (χ0n) is 13.1. The maximum absolute atomic E-state index is 12.0. The van der Waals surface area contributed by atoms with Crippen molar-refractivity contribution in [2.45, 2.75) is 13.3 Å². The molecule has 1 N–H and O–H groups in total. The highest BCUT2D eigenvalue weighted by molar-refractivity contribution is 6.30. The Bertz CT molecular complexity index is 861. The molecule has 6 heteroatoms. The maximum Gasteiger partial charge on any atom is 0.251 e. The lowest BCUT2D eigenvalue weighted by atomic mass is 10.1. The Morgan fingerprint density at radius 3 is 2.79 bits per heavy atom. The van der Waals surface area contributed by atoms with E-state index >= 15 is 0 Å². The second kappa shape index (κ2) is 7.27. The van der Waals surface area contributed by atoms with Crippen molar-refractivity contribution in [1.82, 2.24) is 15.5 Å². The number of nitrogens with zero attached hydrogens (tertiary/aromatic N) is 2. The first-order chi connectivity index (χ1) is 11.6. The topological polar surface area (TPSA) is 68.0 Å². The molecule has 0 unspecified atom stereocenters. The molecule has 0 atom stereocenters. The third kappa shape index (κ3) is 3.81. The summed E-state index contributed by atoms with van der Waals surface area (Å²) < 4.78 is 5.66. The molecule has 122 valence electrons. The number of benzene rings is 2. The van der Waals surface area contributed by atoms with Gasteiger partial charge in [0.05, 0.1) is 0 Å². The number of halogens is 1. The molecule has 0 aliphatic heterocycles. The third-order valence-electron chi connectivity index (χ3n) is 3.55. The summed E-state index contributed by atoms with van der Waals surface area (Å²) in [4.78, 5) is 12.0. The fourth-order valence-corrected chi connectivity index (χ4v) is 2.48. The average Bonchev–Trinajstić information content (AvgIpc) is 3.04. The summed E-state index contributed by atoms with van der Waals surface area (Å²) in [5, 5.41) is 11.4. The van der Waals surface area contributed by atoms with Crippen LogP contribution in [-0.4, -0.2) is 22.6 Å². The Kier molecular flexibility index (Phi) is 4.91. The van der Waals surface area contributed by atoms with E-state index in [9.17, 15) is 4.79 Å². The molecule has 3 rings (SSSR count). The van der Waals surface area contributed by atoms with Gasteiger partial charge >= 0.3 is 0 Å². The van der Waals surface area contributed by atoms with Crippen LogP contribution in [0.1, 0.15) is 21.8 Å². The SMILES string of the molecule is Cc1ccccc1-c1nnc(CCNC(=O)c2cccc(Cl)c2)o1. The Morgan fingerprint density at radius 1 is 1.17 bits per heavy atom. The first-order valence-corrected chi connectivity index (χ1v) is 7.93. The predicted octanol–water partition coefficient (Wildman–Crippen LogP) is 3.67. The molecule has 24 heavy (non-hydrogen) atoms. The van der Waals surface area contributed by atoms with Crippen LogP contribution in [0.4, 0.5) is 0 Å². The van der Waals surface area contributed by atoms with Crippen LogP contribution < -0.4 is 5.32 Å². The number of amides is 1. The van der Waals surface area contributed by atoms with Gasteiger partial charge in [0.1, 0.15) is 0 Å². The van der Waals surface area contributed by atoms with Crippen molar-refractivity contribution in [3.63, 3.8) is 0 Å². The molecule has 0 saturated carbocycles. The average molecular weight is 342 g/mol. The van der Waals surface area contributed by atoms with E-state index in [0.717, 1.165) is 11.1 Å². The van der Waals surface area contributed by atoms with Crippen molar-refractivity contribution in [2.24, 2.45) is 0 Å². The van der Waals surface area contributed by atoms with Crippen LogP contribution in [0.15, 0.2) is 52.9 Å². The molecular weight excluding hydrogens is 326 g/mol. The van der Waals surface area contributed by atoms with Crippen molar-refractivity contribution in [3.8, 4) is 11.5 Å². The smallest absolute Gasteiger partial charge is 0.251 e. The van der Waals surface area contributed by atoms with Gasteiger partial charge in [0.15, 0.2) is 0 Å². The largest absolute Gasteiger partial charge is 0.421 e. The molecule has 0 aliphatic rings. The highest BCUT2D eigenvalue weighted by atomic mass is 35.5. The van der Waals surface area contributed by atoms with Gasteiger partial charge in [-0.25, -0.2) is 0 Å².